The average molecular weight is 273 g/mol. The van der Waals surface area contributed by atoms with Gasteiger partial charge in [-0.3, -0.25) is 4.98 Å². The van der Waals surface area contributed by atoms with E-state index < -0.39 is 0 Å². The standard InChI is InChI=1S/C19H15NO/c1-12-7-9-16(20-11-12)14-8-10-18-19(13(14)2)15-5-3-4-6-17(15)21-18/h3-11H,1-2H3. The summed E-state index contributed by atoms with van der Waals surface area (Å²) < 4.78 is 5.92. The molecule has 4 aromatic rings. The van der Waals surface area contributed by atoms with E-state index in [1.165, 1.54) is 21.9 Å². The Hall–Kier alpha value is -2.61. The number of fused-ring (bicyclic) bond motifs is 3. The molecule has 0 N–H and O–H groups in total. The van der Waals surface area contributed by atoms with Gasteiger partial charge in [0, 0.05) is 22.5 Å². The van der Waals surface area contributed by atoms with Crippen LogP contribution in [-0.4, -0.2) is 4.98 Å². The Kier molecular flexibility index (Phi) is 2.58. The van der Waals surface area contributed by atoms with Crippen LogP contribution in [0.2, 0.25) is 0 Å². The minimum absolute atomic E-state index is 0.935. The number of hydrogen-bond donors (Lipinski definition) is 0. The smallest absolute Gasteiger partial charge is 0.135 e. The molecular weight excluding hydrogens is 258 g/mol. The summed E-state index contributed by atoms with van der Waals surface area (Å²) in [6, 6.07) is 16.5. The Morgan fingerprint density at radius 2 is 1.71 bits per heavy atom. The molecule has 0 aliphatic carbocycles. The van der Waals surface area contributed by atoms with E-state index in [9.17, 15) is 0 Å². The van der Waals surface area contributed by atoms with Crippen LogP contribution in [0.1, 0.15) is 11.1 Å². The summed E-state index contributed by atoms with van der Waals surface area (Å²) in [5, 5.41) is 2.35. The highest BCUT2D eigenvalue weighted by atomic mass is 16.3. The highest BCUT2D eigenvalue weighted by Gasteiger charge is 2.13. The van der Waals surface area contributed by atoms with Crippen LogP contribution in [-0.2, 0) is 0 Å². The predicted octanol–water partition coefficient (Wildman–Crippen LogP) is 5.26. The highest BCUT2D eigenvalue weighted by Crippen LogP contribution is 2.35. The fourth-order valence-electron chi connectivity index (χ4n) is 2.89. The first-order valence-corrected chi connectivity index (χ1v) is 7.08. The van der Waals surface area contributed by atoms with Crippen molar-refractivity contribution in [3.8, 4) is 11.3 Å². The van der Waals surface area contributed by atoms with Gasteiger partial charge in [0.2, 0.25) is 0 Å². The molecule has 0 aliphatic heterocycles. The third kappa shape index (κ3) is 1.83. The topological polar surface area (TPSA) is 26.0 Å². The minimum Gasteiger partial charge on any atom is -0.456 e. The van der Waals surface area contributed by atoms with E-state index in [2.05, 4.69) is 43.1 Å². The van der Waals surface area contributed by atoms with E-state index in [0.717, 1.165) is 22.4 Å². The molecule has 0 fully saturated rings. The van der Waals surface area contributed by atoms with Crippen molar-refractivity contribution in [1.29, 1.82) is 0 Å². The second-order valence-electron chi connectivity index (χ2n) is 5.43. The Morgan fingerprint density at radius 3 is 2.52 bits per heavy atom. The van der Waals surface area contributed by atoms with Crippen LogP contribution >= 0.6 is 0 Å². The Morgan fingerprint density at radius 1 is 0.857 bits per heavy atom. The number of hydrogen-bond acceptors (Lipinski definition) is 2. The minimum atomic E-state index is 0.935. The summed E-state index contributed by atoms with van der Waals surface area (Å²) in [4.78, 5) is 4.55. The summed E-state index contributed by atoms with van der Waals surface area (Å²) >= 11 is 0. The SMILES string of the molecule is Cc1ccc(-c2ccc3oc4ccccc4c3c2C)nc1. The van der Waals surface area contributed by atoms with Gasteiger partial charge in [-0.25, -0.2) is 0 Å². The highest BCUT2D eigenvalue weighted by molar-refractivity contribution is 6.08. The number of rotatable bonds is 1. The van der Waals surface area contributed by atoms with Crippen molar-refractivity contribution < 1.29 is 4.42 Å². The maximum atomic E-state index is 5.92. The molecule has 2 heterocycles. The van der Waals surface area contributed by atoms with E-state index in [4.69, 9.17) is 4.42 Å². The molecule has 0 radical (unpaired) electrons. The van der Waals surface area contributed by atoms with Gasteiger partial charge in [0.1, 0.15) is 11.2 Å². The van der Waals surface area contributed by atoms with Crippen LogP contribution in [0.25, 0.3) is 33.2 Å². The molecule has 0 bridgehead atoms. The largest absolute Gasteiger partial charge is 0.456 e. The molecule has 2 aromatic carbocycles. The number of pyridine rings is 1. The number of aryl methyl sites for hydroxylation is 2. The van der Waals surface area contributed by atoms with Crippen molar-refractivity contribution in [3.05, 3.63) is 65.9 Å². The van der Waals surface area contributed by atoms with E-state index in [1.54, 1.807) is 0 Å². The van der Waals surface area contributed by atoms with Crippen molar-refractivity contribution in [2.45, 2.75) is 13.8 Å². The van der Waals surface area contributed by atoms with Gasteiger partial charge >= 0.3 is 0 Å². The van der Waals surface area contributed by atoms with E-state index >= 15 is 0 Å². The van der Waals surface area contributed by atoms with Gasteiger partial charge < -0.3 is 4.42 Å². The van der Waals surface area contributed by atoms with E-state index in [-0.39, 0.29) is 0 Å². The first-order valence-electron chi connectivity index (χ1n) is 7.08. The van der Waals surface area contributed by atoms with Crippen LogP contribution in [0.5, 0.6) is 0 Å². The molecule has 0 spiro atoms. The number of nitrogens with zero attached hydrogens (tertiary/aromatic N) is 1. The molecule has 2 heteroatoms. The molecule has 0 amide bonds. The summed E-state index contributed by atoms with van der Waals surface area (Å²) in [7, 11) is 0. The molecule has 102 valence electrons. The summed E-state index contributed by atoms with van der Waals surface area (Å²) in [6.07, 6.45) is 1.91. The van der Waals surface area contributed by atoms with Crippen molar-refractivity contribution in [2.24, 2.45) is 0 Å². The zero-order valence-corrected chi connectivity index (χ0v) is 12.1. The zero-order valence-electron chi connectivity index (χ0n) is 12.1. The lowest BCUT2D eigenvalue weighted by Gasteiger charge is -2.06. The fourth-order valence-corrected chi connectivity index (χ4v) is 2.89. The second kappa shape index (κ2) is 4.45. The van der Waals surface area contributed by atoms with Gasteiger partial charge in [0.15, 0.2) is 0 Å². The molecule has 0 saturated carbocycles. The number of aromatic nitrogens is 1. The molecule has 0 aliphatic rings. The van der Waals surface area contributed by atoms with Gasteiger partial charge in [-0.2, -0.15) is 0 Å². The summed E-state index contributed by atoms with van der Waals surface area (Å²) in [5.41, 5.74) is 6.42. The number of furan rings is 1. The lowest BCUT2D eigenvalue weighted by Crippen LogP contribution is -1.88. The maximum Gasteiger partial charge on any atom is 0.135 e. The summed E-state index contributed by atoms with van der Waals surface area (Å²) in [6.45, 7) is 4.19. The second-order valence-corrected chi connectivity index (χ2v) is 5.43. The van der Waals surface area contributed by atoms with Gasteiger partial charge in [0.25, 0.3) is 0 Å². The molecule has 4 rings (SSSR count). The molecule has 21 heavy (non-hydrogen) atoms. The van der Waals surface area contributed by atoms with Crippen molar-refractivity contribution in [3.63, 3.8) is 0 Å². The fraction of sp³-hybridized carbons (Fsp3) is 0.105. The quantitative estimate of drug-likeness (QED) is 0.472. The Bertz CT molecular complexity index is 949. The Balaban J connectivity index is 2.05. The lowest BCUT2D eigenvalue weighted by atomic mass is 9.99. The first-order chi connectivity index (χ1) is 10.2. The van der Waals surface area contributed by atoms with Gasteiger partial charge in [-0.1, -0.05) is 24.3 Å². The van der Waals surface area contributed by atoms with Crippen molar-refractivity contribution in [1.82, 2.24) is 4.98 Å². The van der Waals surface area contributed by atoms with Gasteiger partial charge in [0.05, 0.1) is 5.69 Å². The van der Waals surface area contributed by atoms with Crippen molar-refractivity contribution >= 4 is 21.9 Å². The van der Waals surface area contributed by atoms with Crippen LogP contribution in [0.3, 0.4) is 0 Å². The third-order valence-corrected chi connectivity index (χ3v) is 3.99. The normalized spacial score (nSPS) is 11.3. The molecule has 0 atom stereocenters. The first kappa shape index (κ1) is 12.2. The third-order valence-electron chi connectivity index (χ3n) is 3.99. The van der Waals surface area contributed by atoms with Crippen LogP contribution in [0.15, 0.2) is 59.1 Å². The number of benzene rings is 2. The molecule has 2 aromatic heterocycles. The van der Waals surface area contributed by atoms with E-state index in [0.29, 0.717) is 0 Å². The monoisotopic (exact) mass is 273 g/mol. The summed E-state index contributed by atoms with van der Waals surface area (Å²) in [5.74, 6) is 0. The maximum absolute atomic E-state index is 5.92. The van der Waals surface area contributed by atoms with Crippen molar-refractivity contribution in [2.75, 3.05) is 0 Å². The van der Waals surface area contributed by atoms with E-state index in [1.807, 2.05) is 30.5 Å². The lowest BCUT2D eigenvalue weighted by molar-refractivity contribution is 0.669. The molecule has 0 saturated heterocycles. The average Bonchev–Trinajstić information content (AvgIpc) is 2.88. The molecule has 2 nitrogen and oxygen atoms in total. The predicted molar refractivity (Wildman–Crippen MR) is 86.4 cm³/mol. The van der Waals surface area contributed by atoms with Crippen LogP contribution in [0.4, 0.5) is 0 Å². The molecular formula is C19H15NO. The van der Waals surface area contributed by atoms with Crippen LogP contribution < -0.4 is 0 Å². The number of para-hydroxylation sites is 1. The van der Waals surface area contributed by atoms with Gasteiger partial charge in [-0.05, 0) is 49.2 Å². The Labute approximate surface area is 123 Å². The molecule has 0 unspecified atom stereocenters. The van der Waals surface area contributed by atoms with Crippen LogP contribution in [0, 0.1) is 13.8 Å². The zero-order chi connectivity index (χ0) is 14.4. The van der Waals surface area contributed by atoms with Gasteiger partial charge in [-0.15, -0.1) is 0 Å².